The number of rotatable bonds is 14. The smallest absolute Gasteiger partial charge is 0.315 e. The van der Waals surface area contributed by atoms with Crippen molar-refractivity contribution in [1.29, 1.82) is 0 Å². The largest absolute Gasteiger partial charge is 0.346 e. The summed E-state index contributed by atoms with van der Waals surface area (Å²) in [4.78, 5) is 69.3. The number of hydrogen-bond acceptors (Lipinski definition) is 7. The van der Waals surface area contributed by atoms with E-state index in [0.717, 1.165) is 19.3 Å². The van der Waals surface area contributed by atoms with Crippen molar-refractivity contribution in [3.63, 3.8) is 0 Å². The van der Waals surface area contributed by atoms with E-state index in [1.54, 1.807) is 6.92 Å². The third-order valence-corrected chi connectivity index (χ3v) is 11.9. The van der Waals surface area contributed by atoms with E-state index in [-0.39, 0.29) is 31.3 Å². The lowest BCUT2D eigenvalue weighted by Crippen LogP contribution is -2.62. The molecule has 13 nitrogen and oxygen atoms in total. The predicted molar refractivity (Wildman–Crippen MR) is 189 cm³/mol. The Hall–Kier alpha value is -3.26. The molecule has 0 aromatic heterocycles. The number of Topliss-reactive ketones (excluding diaryl/α,β-unsaturated/α-hetero) is 1. The molecule has 3 fully saturated rings. The van der Waals surface area contributed by atoms with Crippen molar-refractivity contribution in [3.05, 3.63) is 24.8 Å². The van der Waals surface area contributed by atoms with E-state index in [1.165, 1.54) is 15.3 Å². The van der Waals surface area contributed by atoms with Crippen LogP contribution in [0.5, 0.6) is 0 Å². The Kier molecular flexibility index (Phi) is 13.3. The highest BCUT2D eigenvalue weighted by molar-refractivity contribution is 7.89. The van der Waals surface area contributed by atoms with Gasteiger partial charge in [0, 0.05) is 38.1 Å². The van der Waals surface area contributed by atoms with Gasteiger partial charge in [-0.25, -0.2) is 13.2 Å². The lowest BCUT2D eigenvalue weighted by atomic mass is 9.80. The van der Waals surface area contributed by atoms with Crippen LogP contribution in [0.2, 0.25) is 0 Å². The van der Waals surface area contributed by atoms with Gasteiger partial charge in [-0.05, 0) is 42.9 Å². The van der Waals surface area contributed by atoms with Crippen LogP contribution in [0.1, 0.15) is 87.0 Å². The van der Waals surface area contributed by atoms with Crippen molar-refractivity contribution in [2.45, 2.75) is 111 Å². The summed E-state index contributed by atoms with van der Waals surface area (Å²) in [5.74, 6) is -2.69. The predicted octanol–water partition coefficient (Wildman–Crippen LogP) is 2.49. The number of nitrogens with zero attached hydrogens (tertiary/aromatic N) is 2. The van der Waals surface area contributed by atoms with Crippen LogP contribution in [0.4, 0.5) is 4.79 Å². The van der Waals surface area contributed by atoms with Crippen molar-refractivity contribution in [2.75, 3.05) is 31.9 Å². The second-order valence-electron chi connectivity index (χ2n) is 16.0. The van der Waals surface area contributed by atoms with E-state index in [2.05, 4.69) is 34.4 Å². The summed E-state index contributed by atoms with van der Waals surface area (Å²) >= 11 is 0. The topological polar surface area (TPSA) is 174 Å². The highest BCUT2D eigenvalue weighted by atomic mass is 32.2. The van der Waals surface area contributed by atoms with Crippen LogP contribution >= 0.6 is 0 Å². The van der Waals surface area contributed by atoms with E-state index in [4.69, 9.17) is 0 Å². The van der Waals surface area contributed by atoms with Gasteiger partial charge in [-0.1, -0.05) is 79.0 Å². The van der Waals surface area contributed by atoms with E-state index >= 15 is 0 Å². The number of hydrogen-bond donors (Lipinski definition) is 4. The van der Waals surface area contributed by atoms with E-state index < -0.39 is 80.5 Å². The fourth-order valence-corrected chi connectivity index (χ4v) is 8.16. The molecule has 14 heteroatoms. The lowest BCUT2D eigenvalue weighted by Gasteiger charge is -2.38. The second kappa shape index (κ2) is 16.2. The van der Waals surface area contributed by atoms with Gasteiger partial charge < -0.3 is 26.2 Å². The molecule has 4 N–H and O–H groups in total. The molecule has 0 radical (unpaired) electrons. The summed E-state index contributed by atoms with van der Waals surface area (Å²) in [5.41, 5.74) is -0.582. The molecule has 3 rings (SSSR count). The Morgan fingerprint density at radius 2 is 1.57 bits per heavy atom. The van der Waals surface area contributed by atoms with Gasteiger partial charge in [-0.2, -0.15) is 4.31 Å². The molecule has 3 aliphatic rings. The van der Waals surface area contributed by atoms with Crippen molar-refractivity contribution in [1.82, 2.24) is 30.5 Å². The van der Waals surface area contributed by atoms with Crippen LogP contribution in [0, 0.1) is 22.7 Å². The molecule has 276 valence electrons. The quantitative estimate of drug-likeness (QED) is 0.159. The summed E-state index contributed by atoms with van der Waals surface area (Å²) < 4.78 is 26.5. The molecule has 2 saturated heterocycles. The van der Waals surface area contributed by atoms with Gasteiger partial charge in [0.15, 0.2) is 0 Å². The molecule has 2 heterocycles. The molecular weight excluding hydrogens is 648 g/mol. The number of likely N-dealkylation sites (tertiary alicyclic amines) is 1. The normalized spacial score (nSPS) is 23.0. The van der Waals surface area contributed by atoms with Crippen LogP contribution in [0.15, 0.2) is 24.8 Å². The maximum absolute atomic E-state index is 14.4. The zero-order valence-corrected chi connectivity index (χ0v) is 31.2. The Morgan fingerprint density at radius 1 is 0.918 bits per heavy atom. The third kappa shape index (κ3) is 10.4. The van der Waals surface area contributed by atoms with Gasteiger partial charge >= 0.3 is 6.03 Å². The van der Waals surface area contributed by atoms with E-state index in [0.29, 0.717) is 31.4 Å². The molecule has 49 heavy (non-hydrogen) atoms. The van der Waals surface area contributed by atoms with Crippen LogP contribution < -0.4 is 21.3 Å². The number of carbonyl (C=O) groups is 5. The number of nitrogens with one attached hydrogen (secondary N) is 4. The first kappa shape index (κ1) is 40.2. The molecule has 0 bridgehead atoms. The molecule has 5 amide bonds. The lowest BCUT2D eigenvalue weighted by molar-refractivity contribution is -0.144. The minimum atomic E-state index is -3.40. The maximum atomic E-state index is 14.4. The van der Waals surface area contributed by atoms with Crippen molar-refractivity contribution < 1.29 is 32.4 Å². The number of sulfonamides is 1. The van der Waals surface area contributed by atoms with Crippen LogP contribution in [-0.2, 0) is 29.2 Å². The molecular formula is C35H58N6O7S. The van der Waals surface area contributed by atoms with Crippen LogP contribution in [0.25, 0.3) is 0 Å². The zero-order valence-electron chi connectivity index (χ0n) is 30.4. The van der Waals surface area contributed by atoms with Crippen molar-refractivity contribution in [2.24, 2.45) is 22.7 Å². The highest BCUT2D eigenvalue weighted by Gasteiger charge is 2.48. The summed E-state index contributed by atoms with van der Waals surface area (Å²) in [6, 6.07) is -4.29. The Balaban J connectivity index is 1.84. The molecule has 1 unspecified atom stereocenters. The van der Waals surface area contributed by atoms with Gasteiger partial charge in [0.2, 0.25) is 27.6 Å². The molecule has 0 aromatic rings. The maximum Gasteiger partial charge on any atom is 0.315 e. The SMILES string of the molecule is C=CCNC(=O)C(=O)C(CC1CCC1)NC(=O)[C@@H]1[C@@H](C(=C)C)CCN1C(=O)[C@@H](NC(=O)N[C@H](CN1CCCS1(=O)=O)C(C)(C)C)C(C)(C)C. The van der Waals surface area contributed by atoms with Crippen molar-refractivity contribution in [3.8, 4) is 0 Å². The van der Waals surface area contributed by atoms with Gasteiger partial charge in [0.1, 0.15) is 12.1 Å². The van der Waals surface area contributed by atoms with E-state index in [9.17, 15) is 32.4 Å². The summed E-state index contributed by atoms with van der Waals surface area (Å²) in [5, 5.41) is 11.1. The third-order valence-electron chi connectivity index (χ3n) is 9.97. The average molecular weight is 707 g/mol. The monoisotopic (exact) mass is 706 g/mol. The minimum absolute atomic E-state index is 0.0738. The standard InChI is InChI=1S/C35H58N6O7S/c1-10-16-36-31(44)28(42)25(20-23-13-11-14-23)37-30(43)27-24(22(2)3)15-18-41(27)32(45)29(35(7,8)9)39-33(46)38-26(34(4,5)6)21-40-17-12-19-49(40,47)48/h10,23-27,29H,1-2,11-21H2,3-9H3,(H,36,44)(H,37,43)(H2,38,39,46)/t24-,25?,26-,27+,29-/m1/s1. The summed E-state index contributed by atoms with van der Waals surface area (Å²) in [6.45, 7) is 21.4. The Bertz CT molecular complexity index is 1400. The summed E-state index contributed by atoms with van der Waals surface area (Å²) in [6.07, 6.45) is 5.60. The fraction of sp³-hybridized carbons (Fsp3) is 0.743. The van der Waals surface area contributed by atoms with Gasteiger partial charge in [-0.3, -0.25) is 19.2 Å². The molecule has 1 aliphatic carbocycles. The number of urea groups is 1. The first-order chi connectivity index (χ1) is 22.7. The van der Waals surface area contributed by atoms with Gasteiger partial charge in [-0.15, -0.1) is 6.58 Å². The highest BCUT2D eigenvalue weighted by Crippen LogP contribution is 2.34. The molecule has 5 atom stereocenters. The second-order valence-corrected chi connectivity index (χ2v) is 18.1. The zero-order chi connectivity index (χ0) is 36.9. The number of carbonyl (C=O) groups excluding carboxylic acids is 5. The first-order valence-corrected chi connectivity index (χ1v) is 19.0. The minimum Gasteiger partial charge on any atom is -0.346 e. The van der Waals surface area contributed by atoms with E-state index in [1.807, 2.05) is 41.5 Å². The molecule has 0 spiro atoms. The molecule has 1 saturated carbocycles. The molecule has 0 aromatic carbocycles. The summed E-state index contributed by atoms with van der Waals surface area (Å²) in [7, 11) is -3.40. The molecule has 2 aliphatic heterocycles. The van der Waals surface area contributed by atoms with Crippen LogP contribution in [-0.4, -0.2) is 103 Å². The average Bonchev–Trinajstić information content (AvgIpc) is 3.56. The fourth-order valence-electron chi connectivity index (χ4n) is 6.62. The van der Waals surface area contributed by atoms with Gasteiger partial charge in [0.05, 0.1) is 11.8 Å². The number of amides is 5. The first-order valence-electron chi connectivity index (χ1n) is 17.4. The Labute approximate surface area is 292 Å². The van der Waals surface area contributed by atoms with Crippen molar-refractivity contribution >= 4 is 39.6 Å². The van der Waals surface area contributed by atoms with Crippen LogP contribution in [0.3, 0.4) is 0 Å². The number of ketones is 1. The van der Waals surface area contributed by atoms with Gasteiger partial charge in [0.25, 0.3) is 5.91 Å². The Morgan fingerprint density at radius 3 is 2.06 bits per heavy atom.